The summed E-state index contributed by atoms with van der Waals surface area (Å²) in [5.74, 6) is -0.539. The van der Waals surface area contributed by atoms with Crippen LogP contribution in [0.5, 0.6) is 0 Å². The van der Waals surface area contributed by atoms with Crippen molar-refractivity contribution in [2.45, 2.75) is 6.92 Å². The largest absolute Gasteiger partial charge is 0.296 e. The number of carbonyl (C=O) groups excluding carboxylic acids is 1. The second-order valence-electron chi connectivity index (χ2n) is 4.74. The Labute approximate surface area is 130 Å². The van der Waals surface area contributed by atoms with E-state index >= 15 is 0 Å². The highest BCUT2D eigenvalue weighted by Crippen LogP contribution is 2.26. The molecule has 0 atom stereocenters. The first-order valence-electron chi connectivity index (χ1n) is 6.59. The Hall–Kier alpha value is -2.60. The van der Waals surface area contributed by atoms with Gasteiger partial charge in [0.25, 0.3) is 5.91 Å². The summed E-state index contributed by atoms with van der Waals surface area (Å²) in [6, 6.07) is 13.2. The first-order chi connectivity index (χ1) is 10.6. The molecule has 22 heavy (non-hydrogen) atoms. The van der Waals surface area contributed by atoms with Crippen molar-refractivity contribution in [2.75, 3.05) is 5.32 Å². The Morgan fingerprint density at radius 2 is 1.73 bits per heavy atom. The molecule has 3 rings (SSSR count). The van der Waals surface area contributed by atoms with Gasteiger partial charge in [-0.3, -0.25) is 10.1 Å². The SMILES string of the molecule is Cc1ccc(C(=O)Nc2nnc(-c3ccc(F)cc3)s2)cc1. The summed E-state index contributed by atoms with van der Waals surface area (Å²) in [6.45, 7) is 1.96. The quantitative estimate of drug-likeness (QED) is 0.797. The second-order valence-corrected chi connectivity index (χ2v) is 5.72. The molecule has 0 aliphatic carbocycles. The number of aromatic nitrogens is 2. The van der Waals surface area contributed by atoms with Crippen LogP contribution < -0.4 is 5.32 Å². The normalized spacial score (nSPS) is 10.5. The Morgan fingerprint density at radius 1 is 1.05 bits per heavy atom. The lowest BCUT2D eigenvalue weighted by molar-refractivity contribution is 0.102. The summed E-state index contributed by atoms with van der Waals surface area (Å²) in [5, 5.41) is 11.7. The lowest BCUT2D eigenvalue weighted by Crippen LogP contribution is -2.11. The fraction of sp³-hybridized carbons (Fsp3) is 0.0625. The maximum absolute atomic E-state index is 12.9. The third kappa shape index (κ3) is 3.17. The number of anilines is 1. The van der Waals surface area contributed by atoms with Gasteiger partial charge in [-0.15, -0.1) is 10.2 Å². The maximum atomic E-state index is 12.9. The number of amides is 1. The summed E-state index contributed by atoms with van der Waals surface area (Å²) in [4.78, 5) is 12.1. The first-order valence-corrected chi connectivity index (χ1v) is 7.41. The molecule has 1 aromatic heterocycles. The van der Waals surface area contributed by atoms with E-state index in [1.54, 1.807) is 24.3 Å². The fourth-order valence-electron chi connectivity index (χ4n) is 1.86. The maximum Gasteiger partial charge on any atom is 0.257 e. The third-order valence-electron chi connectivity index (χ3n) is 3.05. The molecule has 4 nitrogen and oxygen atoms in total. The number of rotatable bonds is 3. The van der Waals surface area contributed by atoms with Crippen LogP contribution in [0, 0.1) is 12.7 Å². The van der Waals surface area contributed by atoms with E-state index in [0.29, 0.717) is 15.7 Å². The van der Waals surface area contributed by atoms with Crippen molar-refractivity contribution in [3.8, 4) is 10.6 Å². The minimum atomic E-state index is -0.304. The zero-order chi connectivity index (χ0) is 15.5. The van der Waals surface area contributed by atoms with Gasteiger partial charge in [0.05, 0.1) is 0 Å². The Balaban J connectivity index is 1.75. The van der Waals surface area contributed by atoms with E-state index in [4.69, 9.17) is 0 Å². The summed E-state index contributed by atoms with van der Waals surface area (Å²) < 4.78 is 12.9. The standard InChI is InChI=1S/C16H12FN3OS/c1-10-2-4-11(5-3-10)14(21)18-16-20-19-15(22-16)12-6-8-13(17)9-7-12/h2-9H,1H3,(H,18,20,21). The number of halogens is 1. The highest BCUT2D eigenvalue weighted by molar-refractivity contribution is 7.18. The van der Waals surface area contributed by atoms with E-state index in [0.717, 1.165) is 11.1 Å². The van der Waals surface area contributed by atoms with Gasteiger partial charge in [-0.2, -0.15) is 0 Å². The molecule has 1 N–H and O–H groups in total. The van der Waals surface area contributed by atoms with Gasteiger partial charge in [-0.05, 0) is 43.3 Å². The average Bonchev–Trinajstić information content (AvgIpc) is 2.97. The number of hydrogen-bond acceptors (Lipinski definition) is 4. The average molecular weight is 313 g/mol. The predicted molar refractivity (Wildman–Crippen MR) is 84.4 cm³/mol. The van der Waals surface area contributed by atoms with Crippen molar-refractivity contribution in [1.29, 1.82) is 0 Å². The fourth-order valence-corrected chi connectivity index (χ4v) is 2.60. The molecule has 2 aromatic carbocycles. The van der Waals surface area contributed by atoms with Crippen LogP contribution in [0.2, 0.25) is 0 Å². The third-order valence-corrected chi connectivity index (χ3v) is 3.94. The number of benzene rings is 2. The van der Waals surface area contributed by atoms with E-state index in [1.807, 2.05) is 19.1 Å². The van der Waals surface area contributed by atoms with E-state index < -0.39 is 0 Å². The Bertz CT molecular complexity index is 797. The monoisotopic (exact) mass is 313 g/mol. The van der Waals surface area contributed by atoms with Crippen LogP contribution in [-0.4, -0.2) is 16.1 Å². The summed E-state index contributed by atoms with van der Waals surface area (Å²) in [6.07, 6.45) is 0. The lowest BCUT2D eigenvalue weighted by atomic mass is 10.1. The van der Waals surface area contributed by atoms with Gasteiger partial charge in [0.15, 0.2) is 0 Å². The van der Waals surface area contributed by atoms with Crippen LogP contribution in [0.1, 0.15) is 15.9 Å². The van der Waals surface area contributed by atoms with E-state index in [2.05, 4.69) is 15.5 Å². The van der Waals surface area contributed by atoms with Crippen LogP contribution in [-0.2, 0) is 0 Å². The number of aryl methyl sites for hydroxylation is 1. The topological polar surface area (TPSA) is 54.9 Å². The highest BCUT2D eigenvalue weighted by Gasteiger charge is 2.11. The summed E-state index contributed by atoms with van der Waals surface area (Å²) >= 11 is 1.24. The smallest absolute Gasteiger partial charge is 0.257 e. The van der Waals surface area contributed by atoms with E-state index in [1.165, 1.54) is 23.5 Å². The predicted octanol–water partition coefficient (Wildman–Crippen LogP) is 3.90. The van der Waals surface area contributed by atoms with Crippen molar-refractivity contribution in [3.63, 3.8) is 0 Å². The first kappa shape index (κ1) is 14.3. The molecule has 0 spiro atoms. The van der Waals surface area contributed by atoms with E-state index in [-0.39, 0.29) is 11.7 Å². The zero-order valence-corrected chi connectivity index (χ0v) is 12.5. The van der Waals surface area contributed by atoms with Crippen LogP contribution in [0.4, 0.5) is 9.52 Å². The molecule has 0 bridgehead atoms. The molecule has 0 aliphatic heterocycles. The van der Waals surface area contributed by atoms with Gasteiger partial charge in [-0.25, -0.2) is 4.39 Å². The molecular weight excluding hydrogens is 301 g/mol. The van der Waals surface area contributed by atoms with E-state index in [9.17, 15) is 9.18 Å². The number of carbonyl (C=O) groups is 1. The molecule has 0 unspecified atom stereocenters. The number of nitrogens with one attached hydrogen (secondary N) is 1. The van der Waals surface area contributed by atoms with Crippen molar-refractivity contribution in [1.82, 2.24) is 10.2 Å². The van der Waals surface area contributed by atoms with Crippen molar-refractivity contribution < 1.29 is 9.18 Å². The van der Waals surface area contributed by atoms with Crippen LogP contribution in [0.25, 0.3) is 10.6 Å². The van der Waals surface area contributed by atoms with Crippen molar-refractivity contribution in [2.24, 2.45) is 0 Å². The number of hydrogen-bond donors (Lipinski definition) is 1. The molecule has 6 heteroatoms. The molecular formula is C16H12FN3OS. The van der Waals surface area contributed by atoms with Crippen LogP contribution >= 0.6 is 11.3 Å². The molecule has 0 aliphatic rings. The molecule has 0 saturated heterocycles. The van der Waals surface area contributed by atoms with Crippen molar-refractivity contribution in [3.05, 3.63) is 65.5 Å². The molecule has 0 saturated carbocycles. The van der Waals surface area contributed by atoms with Gasteiger partial charge in [-0.1, -0.05) is 29.0 Å². The Kier molecular flexibility index (Phi) is 3.93. The molecule has 0 fully saturated rings. The lowest BCUT2D eigenvalue weighted by Gasteiger charge is -2.01. The Morgan fingerprint density at radius 3 is 2.41 bits per heavy atom. The molecule has 110 valence electrons. The molecule has 0 radical (unpaired) electrons. The van der Waals surface area contributed by atoms with Gasteiger partial charge >= 0.3 is 0 Å². The minimum Gasteiger partial charge on any atom is -0.296 e. The van der Waals surface area contributed by atoms with Crippen molar-refractivity contribution >= 4 is 22.4 Å². The van der Waals surface area contributed by atoms with Gasteiger partial charge in [0, 0.05) is 11.1 Å². The zero-order valence-electron chi connectivity index (χ0n) is 11.7. The van der Waals surface area contributed by atoms with Crippen LogP contribution in [0.15, 0.2) is 48.5 Å². The van der Waals surface area contributed by atoms with Gasteiger partial charge in [0.1, 0.15) is 10.8 Å². The second kappa shape index (κ2) is 6.03. The summed E-state index contributed by atoms with van der Waals surface area (Å²) in [7, 11) is 0. The molecule has 3 aromatic rings. The van der Waals surface area contributed by atoms with Gasteiger partial charge in [0.2, 0.25) is 5.13 Å². The molecule has 1 heterocycles. The van der Waals surface area contributed by atoms with Gasteiger partial charge < -0.3 is 0 Å². The molecule has 1 amide bonds. The summed E-state index contributed by atoms with van der Waals surface area (Å²) in [5.41, 5.74) is 2.41. The van der Waals surface area contributed by atoms with Crippen LogP contribution in [0.3, 0.4) is 0 Å². The number of nitrogens with zero attached hydrogens (tertiary/aromatic N) is 2. The minimum absolute atomic E-state index is 0.234. The highest BCUT2D eigenvalue weighted by atomic mass is 32.1.